The third kappa shape index (κ3) is 4.74. The van der Waals surface area contributed by atoms with E-state index in [0.717, 1.165) is 61.5 Å². The van der Waals surface area contributed by atoms with Crippen LogP contribution in [0, 0.1) is 0 Å². The van der Waals surface area contributed by atoms with E-state index >= 15 is 0 Å². The lowest BCUT2D eigenvalue weighted by Gasteiger charge is -2.32. The van der Waals surface area contributed by atoms with Crippen molar-refractivity contribution in [1.29, 1.82) is 0 Å². The maximum atomic E-state index is 14.2. The molecule has 192 valence electrons. The van der Waals surface area contributed by atoms with Crippen molar-refractivity contribution >= 4 is 34.3 Å². The van der Waals surface area contributed by atoms with E-state index in [1.54, 1.807) is 12.1 Å². The van der Waals surface area contributed by atoms with Crippen LogP contribution in [0.2, 0.25) is 0 Å². The second-order valence-electron chi connectivity index (χ2n) is 9.74. The number of fused-ring (bicyclic) bond motifs is 2. The van der Waals surface area contributed by atoms with Gasteiger partial charge in [-0.25, -0.2) is 0 Å². The van der Waals surface area contributed by atoms with Crippen LogP contribution < -0.4 is 9.80 Å². The zero-order valence-corrected chi connectivity index (χ0v) is 22.2. The molecule has 0 N–H and O–H groups in total. The van der Waals surface area contributed by atoms with Crippen LogP contribution in [-0.2, 0) is 0 Å². The van der Waals surface area contributed by atoms with Gasteiger partial charge in [-0.05, 0) is 49.2 Å². The molecule has 0 saturated heterocycles. The van der Waals surface area contributed by atoms with E-state index in [4.69, 9.17) is 0 Å². The Morgan fingerprint density at radius 3 is 1.26 bits per heavy atom. The van der Waals surface area contributed by atoms with E-state index in [1.165, 1.54) is 0 Å². The lowest BCUT2D eigenvalue weighted by molar-refractivity contribution is 0.0980. The molecule has 38 heavy (non-hydrogen) atoms. The molecule has 4 aromatic rings. The number of carbonyl (C=O) groups excluding carboxylic acids is 2. The Kier molecular flexibility index (Phi) is 7.69. The molecule has 0 amide bonds. The minimum absolute atomic E-state index is 0.0898. The van der Waals surface area contributed by atoms with Crippen LogP contribution in [0.3, 0.4) is 0 Å². The quantitative estimate of drug-likeness (QED) is 0.192. The zero-order chi connectivity index (χ0) is 26.5. The van der Waals surface area contributed by atoms with Gasteiger partial charge in [0.05, 0.1) is 22.5 Å². The molecule has 0 heterocycles. The number of benzene rings is 4. The summed E-state index contributed by atoms with van der Waals surface area (Å²) in [6, 6.07) is 31.6. The molecule has 0 fully saturated rings. The highest BCUT2D eigenvalue weighted by Crippen LogP contribution is 2.41. The van der Waals surface area contributed by atoms with Crippen LogP contribution in [0.25, 0.3) is 0 Å². The predicted molar refractivity (Wildman–Crippen MR) is 156 cm³/mol. The number of ketones is 2. The number of carbonyl (C=O) groups is 2. The van der Waals surface area contributed by atoms with Crippen LogP contribution in [-0.4, -0.2) is 24.7 Å². The molecular weight excluding hydrogens is 468 g/mol. The fourth-order valence-electron chi connectivity index (χ4n) is 5.28. The maximum absolute atomic E-state index is 14.2. The first-order chi connectivity index (χ1) is 18.7. The van der Waals surface area contributed by atoms with Gasteiger partial charge in [0.15, 0.2) is 11.6 Å². The summed E-state index contributed by atoms with van der Waals surface area (Å²) >= 11 is 0. The van der Waals surface area contributed by atoms with Crippen LogP contribution in [0.5, 0.6) is 0 Å². The van der Waals surface area contributed by atoms with E-state index in [2.05, 4.69) is 47.9 Å². The number of unbranched alkanes of at least 4 members (excludes halogenated alkanes) is 2. The topological polar surface area (TPSA) is 40.6 Å². The second kappa shape index (κ2) is 11.5. The molecule has 1 aliphatic rings. The summed E-state index contributed by atoms with van der Waals surface area (Å²) in [6.45, 7) is 5.86. The van der Waals surface area contributed by atoms with Gasteiger partial charge in [-0.15, -0.1) is 0 Å². The van der Waals surface area contributed by atoms with Gasteiger partial charge in [-0.2, -0.15) is 0 Å². The lowest BCUT2D eigenvalue weighted by atomic mass is 9.81. The van der Waals surface area contributed by atoms with E-state index in [1.807, 2.05) is 60.7 Å². The van der Waals surface area contributed by atoms with Gasteiger partial charge in [-0.3, -0.25) is 9.59 Å². The fraction of sp³-hybridized carbons (Fsp3) is 0.235. The first-order valence-electron chi connectivity index (χ1n) is 13.7. The average molecular weight is 503 g/mol. The molecule has 4 aromatic carbocycles. The molecule has 0 unspecified atom stereocenters. The summed E-state index contributed by atoms with van der Waals surface area (Å²) in [6.07, 6.45) is 4.02. The highest BCUT2D eigenvalue weighted by Gasteiger charge is 2.35. The standard InChI is InChI=1S/C34H34N2O2/c1-3-5-23-35(25-15-9-7-10-16-25)29-21-13-19-27-31(29)33(37)28-20-14-22-30(32(28)34(27)38)36(24-6-4-2)26-17-11-8-12-18-26/h7-22H,3-6,23-24H2,1-2H3. The van der Waals surface area contributed by atoms with E-state index in [9.17, 15) is 9.59 Å². The largest absolute Gasteiger partial charge is 0.341 e. The Balaban J connectivity index is 1.65. The zero-order valence-electron chi connectivity index (χ0n) is 22.2. The van der Waals surface area contributed by atoms with Crippen molar-refractivity contribution < 1.29 is 9.59 Å². The fourth-order valence-corrected chi connectivity index (χ4v) is 5.28. The second-order valence-corrected chi connectivity index (χ2v) is 9.74. The van der Waals surface area contributed by atoms with E-state index < -0.39 is 0 Å². The monoisotopic (exact) mass is 502 g/mol. The highest BCUT2D eigenvalue weighted by molar-refractivity contribution is 6.32. The molecule has 0 aromatic heterocycles. The Labute approximate surface area is 225 Å². The first kappa shape index (κ1) is 25.5. The maximum Gasteiger partial charge on any atom is 0.196 e. The van der Waals surface area contributed by atoms with Gasteiger partial charge in [0, 0.05) is 35.6 Å². The first-order valence-corrected chi connectivity index (χ1v) is 13.7. The molecule has 0 saturated carbocycles. The lowest BCUT2D eigenvalue weighted by Crippen LogP contribution is -2.29. The summed E-state index contributed by atoms with van der Waals surface area (Å²) in [5.41, 5.74) is 5.59. The number of para-hydroxylation sites is 2. The van der Waals surface area contributed by atoms with Crippen molar-refractivity contribution in [2.75, 3.05) is 22.9 Å². The summed E-state index contributed by atoms with van der Waals surface area (Å²) in [5.74, 6) is -0.180. The van der Waals surface area contributed by atoms with Crippen molar-refractivity contribution in [2.24, 2.45) is 0 Å². The van der Waals surface area contributed by atoms with Gasteiger partial charge in [0.25, 0.3) is 0 Å². The minimum Gasteiger partial charge on any atom is -0.341 e. The molecule has 1 aliphatic carbocycles. The third-order valence-electron chi connectivity index (χ3n) is 7.22. The van der Waals surface area contributed by atoms with Crippen LogP contribution in [0.1, 0.15) is 71.4 Å². The van der Waals surface area contributed by atoms with Crippen molar-refractivity contribution in [2.45, 2.75) is 39.5 Å². The van der Waals surface area contributed by atoms with Crippen molar-refractivity contribution in [1.82, 2.24) is 0 Å². The Hall–Kier alpha value is -4.18. The van der Waals surface area contributed by atoms with Crippen LogP contribution in [0.15, 0.2) is 97.1 Å². The molecular formula is C34H34N2O2. The normalized spacial score (nSPS) is 12.2. The van der Waals surface area contributed by atoms with Crippen molar-refractivity contribution in [3.63, 3.8) is 0 Å². The van der Waals surface area contributed by atoms with Gasteiger partial charge >= 0.3 is 0 Å². The summed E-state index contributed by atoms with van der Waals surface area (Å²) in [7, 11) is 0. The molecule has 5 rings (SSSR count). The third-order valence-corrected chi connectivity index (χ3v) is 7.22. The number of hydrogen-bond acceptors (Lipinski definition) is 4. The van der Waals surface area contributed by atoms with E-state index in [-0.39, 0.29) is 11.6 Å². The van der Waals surface area contributed by atoms with Gasteiger partial charge < -0.3 is 9.80 Å². The van der Waals surface area contributed by atoms with Crippen LogP contribution >= 0.6 is 0 Å². The predicted octanol–water partition coefficient (Wildman–Crippen LogP) is 8.34. The number of hydrogen-bond donors (Lipinski definition) is 0. The Morgan fingerprint density at radius 2 is 0.895 bits per heavy atom. The van der Waals surface area contributed by atoms with E-state index in [0.29, 0.717) is 22.3 Å². The number of nitrogens with zero attached hydrogens (tertiary/aromatic N) is 2. The highest BCUT2D eigenvalue weighted by atomic mass is 16.1. The smallest absolute Gasteiger partial charge is 0.196 e. The SMILES string of the molecule is CCCCN(c1ccccc1)c1cccc2c1C(=O)c1cccc(N(CCCC)c3ccccc3)c1C2=O. The minimum atomic E-state index is -0.0898. The molecule has 0 spiro atoms. The van der Waals surface area contributed by atoms with Gasteiger partial charge in [-0.1, -0.05) is 87.4 Å². The van der Waals surface area contributed by atoms with Gasteiger partial charge in [0.1, 0.15) is 0 Å². The van der Waals surface area contributed by atoms with Gasteiger partial charge in [0.2, 0.25) is 0 Å². The number of anilines is 4. The average Bonchev–Trinajstić information content (AvgIpc) is 2.97. The van der Waals surface area contributed by atoms with Crippen molar-refractivity contribution in [3.8, 4) is 0 Å². The number of rotatable bonds is 10. The summed E-state index contributed by atoms with van der Waals surface area (Å²) in [5, 5.41) is 0. The molecule has 4 nitrogen and oxygen atoms in total. The Morgan fingerprint density at radius 1 is 0.500 bits per heavy atom. The molecule has 4 heteroatoms. The van der Waals surface area contributed by atoms with Crippen LogP contribution in [0.4, 0.5) is 22.7 Å². The summed E-state index contributed by atoms with van der Waals surface area (Å²) in [4.78, 5) is 32.8. The molecule has 0 bridgehead atoms. The molecule has 0 aliphatic heterocycles. The molecule has 0 atom stereocenters. The molecule has 0 radical (unpaired) electrons. The van der Waals surface area contributed by atoms with Crippen molar-refractivity contribution in [3.05, 3.63) is 119 Å². The summed E-state index contributed by atoms with van der Waals surface area (Å²) < 4.78 is 0. The Bertz CT molecular complexity index is 1320.